The molecule has 0 fully saturated rings. The van der Waals surface area contributed by atoms with E-state index in [-0.39, 0.29) is 0 Å². The first-order valence-corrected chi connectivity index (χ1v) is 18.4. The summed E-state index contributed by atoms with van der Waals surface area (Å²) < 4.78 is 0. The van der Waals surface area contributed by atoms with E-state index in [0.717, 1.165) is 27.8 Å². The van der Waals surface area contributed by atoms with Crippen LogP contribution in [0, 0.1) is 0 Å². The summed E-state index contributed by atoms with van der Waals surface area (Å²) in [6.07, 6.45) is 7.47. The zero-order valence-corrected chi connectivity index (χ0v) is 29.5. The highest BCUT2D eigenvalue weighted by Crippen LogP contribution is 2.44. The number of rotatable bonds is 6. The molecule has 0 amide bonds. The molecule has 10 rings (SSSR count). The lowest BCUT2D eigenvalue weighted by Gasteiger charge is -2.19. The fourth-order valence-corrected chi connectivity index (χ4v) is 8.16. The number of pyridine rings is 2. The fraction of sp³-hybridized carbons (Fsp3) is 0. The maximum absolute atomic E-state index is 4.44. The second kappa shape index (κ2) is 13.4. The van der Waals surface area contributed by atoms with Crippen molar-refractivity contribution in [3.05, 3.63) is 207 Å². The van der Waals surface area contributed by atoms with E-state index in [0.29, 0.717) is 0 Å². The molecule has 0 aliphatic carbocycles. The number of fused-ring (bicyclic) bond motifs is 6. The molecule has 0 spiro atoms. The summed E-state index contributed by atoms with van der Waals surface area (Å²) in [7, 11) is 0. The lowest BCUT2D eigenvalue weighted by molar-refractivity contribution is 1.32. The summed E-state index contributed by atoms with van der Waals surface area (Å²) in [5, 5.41) is 7.69. The Morgan fingerprint density at radius 2 is 0.667 bits per heavy atom. The molecule has 54 heavy (non-hydrogen) atoms. The quantitative estimate of drug-likeness (QED) is 0.163. The van der Waals surface area contributed by atoms with Gasteiger partial charge in [0.15, 0.2) is 0 Å². The average Bonchev–Trinajstić information content (AvgIpc) is 3.27. The van der Waals surface area contributed by atoms with Gasteiger partial charge in [0.25, 0.3) is 0 Å². The Hall–Kier alpha value is -7.16. The lowest BCUT2D eigenvalue weighted by Crippen LogP contribution is -1.92. The van der Waals surface area contributed by atoms with Crippen molar-refractivity contribution in [1.29, 1.82) is 0 Å². The van der Waals surface area contributed by atoms with Crippen LogP contribution < -0.4 is 0 Å². The summed E-state index contributed by atoms with van der Waals surface area (Å²) in [6.45, 7) is 0. The summed E-state index contributed by atoms with van der Waals surface area (Å²) >= 11 is 0. The van der Waals surface area contributed by atoms with E-state index in [1.54, 1.807) is 0 Å². The van der Waals surface area contributed by atoms with E-state index in [1.807, 2.05) is 30.9 Å². The van der Waals surface area contributed by atoms with Crippen molar-refractivity contribution in [3.63, 3.8) is 0 Å². The molecule has 2 heterocycles. The van der Waals surface area contributed by atoms with Crippen LogP contribution in [0.4, 0.5) is 0 Å². The van der Waals surface area contributed by atoms with Crippen molar-refractivity contribution >= 4 is 32.3 Å². The third-order valence-electron chi connectivity index (χ3n) is 10.7. The molecule has 0 N–H and O–H groups in total. The summed E-state index contributed by atoms with van der Waals surface area (Å²) in [4.78, 5) is 8.73. The molecule has 252 valence electrons. The molecule has 0 aliphatic rings. The van der Waals surface area contributed by atoms with Gasteiger partial charge < -0.3 is 0 Å². The molecule has 0 unspecified atom stereocenters. The lowest BCUT2D eigenvalue weighted by atomic mass is 9.85. The molecule has 0 saturated heterocycles. The average molecular weight is 687 g/mol. The van der Waals surface area contributed by atoms with Gasteiger partial charge >= 0.3 is 0 Å². The van der Waals surface area contributed by atoms with Crippen molar-refractivity contribution in [3.8, 4) is 66.8 Å². The fourth-order valence-electron chi connectivity index (χ4n) is 8.16. The number of hydrogen-bond donors (Lipinski definition) is 0. The van der Waals surface area contributed by atoms with Crippen LogP contribution in [0.3, 0.4) is 0 Å². The molecule has 0 saturated carbocycles. The van der Waals surface area contributed by atoms with E-state index in [2.05, 4.69) is 186 Å². The molecular weight excluding hydrogens is 653 g/mol. The highest BCUT2D eigenvalue weighted by Gasteiger charge is 2.17. The standard InChI is InChI=1S/C52H34N2/c1-3-15-43(41(13-1)36-23-24-51-49-21-8-7-19-47(49)48-20-9-10-22-50(48)52(51)33-36)45-17-5-6-18-46(45)44-16-4-2-14-42(44)40-31-38(35-25-28-53-29-26-35)30-39(32-40)37-12-11-27-54-34-37/h1-34H. The molecule has 2 aromatic heterocycles. The molecule has 0 atom stereocenters. The zero-order valence-electron chi connectivity index (χ0n) is 29.5. The van der Waals surface area contributed by atoms with Crippen molar-refractivity contribution in [1.82, 2.24) is 9.97 Å². The van der Waals surface area contributed by atoms with Gasteiger partial charge in [0.2, 0.25) is 0 Å². The van der Waals surface area contributed by atoms with E-state index in [4.69, 9.17) is 0 Å². The van der Waals surface area contributed by atoms with Crippen molar-refractivity contribution < 1.29 is 0 Å². The van der Waals surface area contributed by atoms with Gasteiger partial charge in [-0.05, 0) is 136 Å². The minimum absolute atomic E-state index is 1.08. The normalized spacial score (nSPS) is 11.3. The van der Waals surface area contributed by atoms with Crippen LogP contribution in [0.5, 0.6) is 0 Å². The Bertz CT molecular complexity index is 2890. The van der Waals surface area contributed by atoms with E-state index in [1.165, 1.54) is 71.3 Å². The third kappa shape index (κ3) is 5.53. The molecule has 0 bridgehead atoms. The highest BCUT2D eigenvalue weighted by molar-refractivity contribution is 6.25. The molecular formula is C52H34N2. The molecule has 8 aromatic carbocycles. The van der Waals surface area contributed by atoms with Crippen molar-refractivity contribution in [2.45, 2.75) is 0 Å². The second-order valence-corrected chi connectivity index (χ2v) is 13.8. The second-order valence-electron chi connectivity index (χ2n) is 13.8. The first-order valence-electron chi connectivity index (χ1n) is 18.4. The molecule has 2 heteroatoms. The predicted octanol–water partition coefficient (Wildman–Crippen LogP) is 13.9. The van der Waals surface area contributed by atoms with Gasteiger partial charge in [-0.2, -0.15) is 0 Å². The summed E-state index contributed by atoms with van der Waals surface area (Å²) in [5.41, 5.74) is 14.0. The Morgan fingerprint density at radius 1 is 0.222 bits per heavy atom. The number of benzene rings is 8. The zero-order chi connectivity index (χ0) is 35.8. The predicted molar refractivity (Wildman–Crippen MR) is 227 cm³/mol. The smallest absolute Gasteiger partial charge is 0.0346 e. The monoisotopic (exact) mass is 686 g/mol. The first kappa shape index (κ1) is 31.6. The molecule has 2 nitrogen and oxygen atoms in total. The Kier molecular flexibility index (Phi) is 7.85. The van der Waals surface area contributed by atoms with Crippen LogP contribution in [-0.4, -0.2) is 9.97 Å². The van der Waals surface area contributed by atoms with Crippen LogP contribution in [0.25, 0.3) is 99.1 Å². The topological polar surface area (TPSA) is 25.8 Å². The number of aromatic nitrogens is 2. The highest BCUT2D eigenvalue weighted by atomic mass is 14.6. The van der Waals surface area contributed by atoms with E-state index >= 15 is 0 Å². The van der Waals surface area contributed by atoms with Gasteiger partial charge in [-0.15, -0.1) is 0 Å². The maximum Gasteiger partial charge on any atom is 0.0346 e. The Labute approximate surface area is 314 Å². The van der Waals surface area contributed by atoms with Crippen LogP contribution in [0.2, 0.25) is 0 Å². The number of hydrogen-bond acceptors (Lipinski definition) is 2. The van der Waals surface area contributed by atoms with Gasteiger partial charge in [0.1, 0.15) is 0 Å². The van der Waals surface area contributed by atoms with Gasteiger partial charge in [-0.1, -0.05) is 140 Å². The summed E-state index contributed by atoms with van der Waals surface area (Å²) in [6, 6.07) is 66.1. The van der Waals surface area contributed by atoms with Crippen molar-refractivity contribution in [2.75, 3.05) is 0 Å². The molecule has 0 aliphatic heterocycles. The van der Waals surface area contributed by atoms with Crippen LogP contribution in [-0.2, 0) is 0 Å². The van der Waals surface area contributed by atoms with E-state index in [9.17, 15) is 0 Å². The minimum atomic E-state index is 1.08. The third-order valence-corrected chi connectivity index (χ3v) is 10.7. The van der Waals surface area contributed by atoms with Gasteiger partial charge in [0.05, 0.1) is 0 Å². The minimum Gasteiger partial charge on any atom is -0.265 e. The number of nitrogens with zero attached hydrogens (tertiary/aromatic N) is 2. The van der Waals surface area contributed by atoms with E-state index < -0.39 is 0 Å². The van der Waals surface area contributed by atoms with Gasteiger partial charge in [0, 0.05) is 30.4 Å². The van der Waals surface area contributed by atoms with Gasteiger partial charge in [-0.25, -0.2) is 0 Å². The molecule has 10 aromatic rings. The summed E-state index contributed by atoms with van der Waals surface area (Å²) in [5.74, 6) is 0. The molecule has 0 radical (unpaired) electrons. The Balaban J connectivity index is 1.15. The first-order chi connectivity index (χ1) is 26.8. The Morgan fingerprint density at radius 3 is 1.22 bits per heavy atom. The maximum atomic E-state index is 4.44. The van der Waals surface area contributed by atoms with Crippen LogP contribution in [0.15, 0.2) is 207 Å². The van der Waals surface area contributed by atoms with Crippen LogP contribution in [0.1, 0.15) is 0 Å². The van der Waals surface area contributed by atoms with Gasteiger partial charge in [-0.3, -0.25) is 9.97 Å². The largest absolute Gasteiger partial charge is 0.265 e. The van der Waals surface area contributed by atoms with Crippen LogP contribution >= 0.6 is 0 Å². The SMILES string of the molecule is c1cncc(-c2cc(-c3ccncc3)cc(-c3ccccc3-c3ccccc3-c3ccccc3-c3ccc4c5ccccc5c5ccccc5c4c3)c2)c1. The van der Waals surface area contributed by atoms with Crippen molar-refractivity contribution in [2.24, 2.45) is 0 Å².